The van der Waals surface area contributed by atoms with E-state index in [9.17, 15) is 14.0 Å². The number of amides is 1. The minimum Gasteiger partial charge on any atom is -0.481 e. The lowest BCUT2D eigenvalue weighted by atomic mass is 10.2. The SMILES string of the molecule is CC(CC(=O)O)NC(=O)c1cc2ccc(F)cc2s1. The van der Waals surface area contributed by atoms with E-state index < -0.39 is 12.0 Å². The highest BCUT2D eigenvalue weighted by Crippen LogP contribution is 2.26. The number of carbonyl (C=O) groups excluding carboxylic acids is 1. The van der Waals surface area contributed by atoms with Gasteiger partial charge in [-0.15, -0.1) is 11.3 Å². The lowest BCUT2D eigenvalue weighted by molar-refractivity contribution is -0.137. The van der Waals surface area contributed by atoms with Crippen molar-refractivity contribution in [3.63, 3.8) is 0 Å². The van der Waals surface area contributed by atoms with Crippen molar-refractivity contribution >= 4 is 33.3 Å². The average Bonchev–Trinajstić information content (AvgIpc) is 2.70. The van der Waals surface area contributed by atoms with Crippen LogP contribution in [-0.2, 0) is 4.79 Å². The summed E-state index contributed by atoms with van der Waals surface area (Å²) in [5.41, 5.74) is 0. The standard InChI is InChI=1S/C13H12FNO3S/c1-7(4-12(16)17)15-13(18)11-5-8-2-3-9(14)6-10(8)19-11/h2-3,5-7H,4H2,1H3,(H,15,18)(H,16,17). The highest BCUT2D eigenvalue weighted by Gasteiger charge is 2.15. The summed E-state index contributed by atoms with van der Waals surface area (Å²) in [6, 6.07) is 5.54. The predicted molar refractivity (Wildman–Crippen MR) is 71.0 cm³/mol. The van der Waals surface area contributed by atoms with Crippen molar-refractivity contribution in [1.82, 2.24) is 5.32 Å². The molecule has 2 aromatic rings. The Labute approximate surface area is 112 Å². The van der Waals surface area contributed by atoms with E-state index in [0.717, 1.165) is 5.39 Å². The molecule has 0 aliphatic heterocycles. The van der Waals surface area contributed by atoms with Gasteiger partial charge in [0.25, 0.3) is 5.91 Å². The molecule has 2 N–H and O–H groups in total. The molecule has 100 valence electrons. The van der Waals surface area contributed by atoms with Gasteiger partial charge in [-0.2, -0.15) is 0 Å². The summed E-state index contributed by atoms with van der Waals surface area (Å²) in [5.74, 6) is -1.65. The molecule has 0 aliphatic rings. The van der Waals surface area contributed by atoms with Crippen LogP contribution in [0.5, 0.6) is 0 Å². The van der Waals surface area contributed by atoms with E-state index in [2.05, 4.69) is 5.32 Å². The minimum atomic E-state index is -0.966. The Morgan fingerprint density at radius 1 is 1.42 bits per heavy atom. The third kappa shape index (κ3) is 3.29. The quantitative estimate of drug-likeness (QED) is 0.905. The molecule has 0 spiro atoms. The summed E-state index contributed by atoms with van der Waals surface area (Å²) in [7, 11) is 0. The van der Waals surface area contributed by atoms with Gasteiger partial charge < -0.3 is 10.4 Å². The maximum Gasteiger partial charge on any atom is 0.305 e. The molecule has 0 fully saturated rings. The molecule has 0 saturated heterocycles. The van der Waals surface area contributed by atoms with Gasteiger partial charge in [-0.05, 0) is 30.5 Å². The summed E-state index contributed by atoms with van der Waals surface area (Å²) in [4.78, 5) is 22.9. The second-order valence-corrected chi connectivity index (χ2v) is 5.35. The molecular weight excluding hydrogens is 269 g/mol. The molecule has 0 aliphatic carbocycles. The van der Waals surface area contributed by atoms with Crippen LogP contribution in [0.3, 0.4) is 0 Å². The first-order chi connectivity index (χ1) is 8.95. The van der Waals surface area contributed by atoms with E-state index in [4.69, 9.17) is 5.11 Å². The summed E-state index contributed by atoms with van der Waals surface area (Å²) in [6.45, 7) is 1.62. The smallest absolute Gasteiger partial charge is 0.305 e. The van der Waals surface area contributed by atoms with Crippen LogP contribution in [0.4, 0.5) is 4.39 Å². The number of hydrogen-bond donors (Lipinski definition) is 2. The number of benzene rings is 1. The van der Waals surface area contributed by atoms with Crippen LogP contribution < -0.4 is 5.32 Å². The van der Waals surface area contributed by atoms with Gasteiger partial charge in [0.1, 0.15) is 5.82 Å². The molecule has 1 aromatic carbocycles. The number of carboxylic acids is 1. The number of aliphatic carboxylic acids is 1. The van der Waals surface area contributed by atoms with Gasteiger partial charge in [0.05, 0.1) is 11.3 Å². The summed E-state index contributed by atoms with van der Waals surface area (Å²) >= 11 is 1.18. The van der Waals surface area contributed by atoms with Crippen molar-refractivity contribution in [2.45, 2.75) is 19.4 Å². The molecule has 0 saturated carbocycles. The first kappa shape index (κ1) is 13.5. The zero-order chi connectivity index (χ0) is 14.0. The lowest BCUT2D eigenvalue weighted by Gasteiger charge is -2.09. The fourth-order valence-electron chi connectivity index (χ4n) is 1.72. The van der Waals surface area contributed by atoms with E-state index in [-0.39, 0.29) is 18.1 Å². The van der Waals surface area contributed by atoms with Crippen molar-refractivity contribution in [1.29, 1.82) is 0 Å². The highest BCUT2D eigenvalue weighted by atomic mass is 32.1. The van der Waals surface area contributed by atoms with Crippen LogP contribution in [0, 0.1) is 5.82 Å². The normalized spacial score (nSPS) is 12.3. The Kier molecular flexibility index (Phi) is 3.80. The molecule has 0 radical (unpaired) electrons. The van der Waals surface area contributed by atoms with Crippen molar-refractivity contribution in [2.24, 2.45) is 0 Å². The van der Waals surface area contributed by atoms with Gasteiger partial charge in [-0.3, -0.25) is 9.59 Å². The number of halogens is 1. The molecule has 1 heterocycles. The third-order valence-corrected chi connectivity index (χ3v) is 3.66. The third-order valence-electron chi connectivity index (χ3n) is 2.56. The zero-order valence-corrected chi connectivity index (χ0v) is 11.0. The number of carbonyl (C=O) groups is 2. The number of rotatable bonds is 4. The zero-order valence-electron chi connectivity index (χ0n) is 10.1. The summed E-state index contributed by atoms with van der Waals surface area (Å²) < 4.78 is 13.7. The number of nitrogens with one attached hydrogen (secondary N) is 1. The largest absolute Gasteiger partial charge is 0.481 e. The predicted octanol–water partition coefficient (Wildman–Crippen LogP) is 2.63. The number of thiophene rings is 1. The van der Waals surface area contributed by atoms with Crippen LogP contribution >= 0.6 is 11.3 Å². The number of hydrogen-bond acceptors (Lipinski definition) is 3. The first-order valence-electron chi connectivity index (χ1n) is 5.67. The number of carboxylic acid groups (broad SMARTS) is 1. The van der Waals surface area contributed by atoms with Crippen molar-refractivity contribution < 1.29 is 19.1 Å². The molecule has 2 rings (SSSR count). The highest BCUT2D eigenvalue weighted by molar-refractivity contribution is 7.20. The second-order valence-electron chi connectivity index (χ2n) is 4.27. The minimum absolute atomic E-state index is 0.134. The monoisotopic (exact) mass is 281 g/mol. The molecule has 4 nitrogen and oxygen atoms in total. The topological polar surface area (TPSA) is 66.4 Å². The second kappa shape index (κ2) is 5.36. The molecular formula is C13H12FNO3S. The van der Waals surface area contributed by atoms with E-state index >= 15 is 0 Å². The molecule has 1 atom stereocenters. The Morgan fingerprint density at radius 3 is 2.84 bits per heavy atom. The van der Waals surface area contributed by atoms with Crippen molar-refractivity contribution in [3.8, 4) is 0 Å². The van der Waals surface area contributed by atoms with Gasteiger partial charge in [0.15, 0.2) is 0 Å². The van der Waals surface area contributed by atoms with Crippen LogP contribution in [-0.4, -0.2) is 23.0 Å². The molecule has 1 amide bonds. The van der Waals surface area contributed by atoms with Gasteiger partial charge in [0.2, 0.25) is 0 Å². The molecule has 19 heavy (non-hydrogen) atoms. The fraction of sp³-hybridized carbons (Fsp3) is 0.231. The van der Waals surface area contributed by atoms with E-state index in [1.54, 1.807) is 19.1 Å². The maximum absolute atomic E-state index is 13.0. The Hall–Kier alpha value is -1.95. The summed E-state index contributed by atoms with van der Waals surface area (Å²) in [5, 5.41) is 12.0. The van der Waals surface area contributed by atoms with Crippen LogP contribution in [0.25, 0.3) is 10.1 Å². The van der Waals surface area contributed by atoms with Gasteiger partial charge >= 0.3 is 5.97 Å². The van der Waals surface area contributed by atoms with Gasteiger partial charge in [0, 0.05) is 10.7 Å². The number of fused-ring (bicyclic) bond motifs is 1. The van der Waals surface area contributed by atoms with Crippen molar-refractivity contribution in [2.75, 3.05) is 0 Å². The Balaban J connectivity index is 2.15. The maximum atomic E-state index is 13.0. The van der Waals surface area contributed by atoms with Crippen LogP contribution in [0.15, 0.2) is 24.3 Å². The summed E-state index contributed by atoms with van der Waals surface area (Å²) in [6.07, 6.45) is -0.134. The lowest BCUT2D eigenvalue weighted by Crippen LogP contribution is -2.33. The van der Waals surface area contributed by atoms with Crippen molar-refractivity contribution in [3.05, 3.63) is 35.0 Å². The molecule has 1 aromatic heterocycles. The first-order valence-corrected chi connectivity index (χ1v) is 6.49. The molecule has 1 unspecified atom stereocenters. The van der Waals surface area contributed by atoms with Gasteiger partial charge in [-0.25, -0.2) is 4.39 Å². The fourth-order valence-corrected chi connectivity index (χ4v) is 2.72. The van der Waals surface area contributed by atoms with E-state index in [1.165, 1.54) is 23.5 Å². The van der Waals surface area contributed by atoms with E-state index in [1.807, 2.05) is 0 Å². The molecule has 0 bridgehead atoms. The Bertz CT molecular complexity index is 638. The van der Waals surface area contributed by atoms with E-state index in [0.29, 0.717) is 9.58 Å². The Morgan fingerprint density at radius 2 is 2.16 bits per heavy atom. The van der Waals surface area contributed by atoms with Gasteiger partial charge in [-0.1, -0.05) is 6.07 Å². The van der Waals surface area contributed by atoms with Crippen LogP contribution in [0.1, 0.15) is 23.0 Å². The van der Waals surface area contributed by atoms with Crippen LogP contribution in [0.2, 0.25) is 0 Å². The molecule has 6 heteroatoms. The average molecular weight is 281 g/mol.